The molecule has 0 aromatic heterocycles. The van der Waals surface area contributed by atoms with Gasteiger partial charge in [-0.1, -0.05) is 26.0 Å². The molecule has 2 rings (SSSR count). The minimum Gasteiger partial charge on any atom is -0.497 e. The van der Waals surface area contributed by atoms with Crippen molar-refractivity contribution >= 4 is 27.5 Å². The van der Waals surface area contributed by atoms with E-state index in [1.165, 1.54) is 36.3 Å². The maximum Gasteiger partial charge on any atom is 0.244 e. The lowest BCUT2D eigenvalue weighted by Gasteiger charge is -2.33. The summed E-state index contributed by atoms with van der Waals surface area (Å²) in [5.74, 6) is -0.760. The number of halogens is 1. The molecule has 0 spiro atoms. The zero-order valence-electron chi connectivity index (χ0n) is 20.8. The highest BCUT2D eigenvalue weighted by atomic mass is 32.2. The zero-order valence-corrected chi connectivity index (χ0v) is 21.6. The highest BCUT2D eigenvalue weighted by Crippen LogP contribution is 2.22. The monoisotopic (exact) mass is 507 g/mol. The van der Waals surface area contributed by atoms with Crippen LogP contribution in [0.15, 0.2) is 48.5 Å². The van der Waals surface area contributed by atoms with Crippen molar-refractivity contribution in [3.63, 3.8) is 0 Å². The topological polar surface area (TPSA) is 96.0 Å². The van der Waals surface area contributed by atoms with Gasteiger partial charge in [0.15, 0.2) is 0 Å². The second-order valence-electron chi connectivity index (χ2n) is 8.36. The van der Waals surface area contributed by atoms with Crippen LogP contribution in [0.1, 0.15) is 39.2 Å². The third-order valence-electron chi connectivity index (χ3n) is 5.69. The molecule has 10 heteroatoms. The average Bonchev–Trinajstić information content (AvgIpc) is 2.82. The predicted molar refractivity (Wildman–Crippen MR) is 134 cm³/mol. The third kappa shape index (κ3) is 7.95. The first-order valence-electron chi connectivity index (χ1n) is 11.5. The summed E-state index contributed by atoms with van der Waals surface area (Å²) in [6.07, 6.45) is 2.05. The van der Waals surface area contributed by atoms with Crippen molar-refractivity contribution in [2.24, 2.45) is 0 Å². The highest BCUT2D eigenvalue weighted by Gasteiger charge is 2.32. The average molecular weight is 508 g/mol. The largest absolute Gasteiger partial charge is 0.497 e. The molecule has 0 heterocycles. The van der Waals surface area contributed by atoms with Crippen LogP contribution in [0.5, 0.6) is 5.75 Å². The maximum atomic E-state index is 13.6. The van der Waals surface area contributed by atoms with Gasteiger partial charge in [-0.05, 0) is 61.7 Å². The van der Waals surface area contributed by atoms with Crippen molar-refractivity contribution in [3.05, 3.63) is 59.9 Å². The number of nitrogens with one attached hydrogen (secondary N) is 1. The number of rotatable bonds is 12. The molecule has 0 unspecified atom stereocenters. The summed E-state index contributed by atoms with van der Waals surface area (Å²) in [5, 5.41) is 2.90. The Labute approximate surface area is 207 Å². The van der Waals surface area contributed by atoms with E-state index in [2.05, 4.69) is 5.32 Å². The van der Waals surface area contributed by atoms with Crippen LogP contribution < -0.4 is 14.4 Å². The molecule has 1 N–H and O–H groups in total. The van der Waals surface area contributed by atoms with E-state index in [1.807, 2.05) is 13.8 Å². The van der Waals surface area contributed by atoms with Gasteiger partial charge in [0.05, 0.1) is 19.1 Å². The Morgan fingerprint density at radius 1 is 1.03 bits per heavy atom. The van der Waals surface area contributed by atoms with E-state index in [-0.39, 0.29) is 18.5 Å². The number of nitrogens with zero attached hydrogens (tertiary/aromatic N) is 2. The second kappa shape index (κ2) is 12.5. The van der Waals surface area contributed by atoms with Gasteiger partial charge in [0.25, 0.3) is 0 Å². The van der Waals surface area contributed by atoms with Crippen molar-refractivity contribution in [2.45, 2.75) is 52.2 Å². The number of methoxy groups -OCH3 is 1. The Kier molecular flexibility index (Phi) is 10.1. The van der Waals surface area contributed by atoms with Gasteiger partial charge >= 0.3 is 0 Å². The lowest BCUT2D eigenvalue weighted by atomic mass is 10.1. The number of carbonyl (C=O) groups excluding carboxylic acids is 2. The summed E-state index contributed by atoms with van der Waals surface area (Å²) in [7, 11) is -2.33. The quantitative estimate of drug-likeness (QED) is 0.476. The third-order valence-corrected chi connectivity index (χ3v) is 6.83. The molecular weight excluding hydrogens is 473 g/mol. The number of ether oxygens (including phenoxy) is 1. The Morgan fingerprint density at radius 2 is 1.63 bits per heavy atom. The summed E-state index contributed by atoms with van der Waals surface area (Å²) >= 11 is 0. The number of hydrogen-bond donors (Lipinski definition) is 1. The first-order valence-corrected chi connectivity index (χ1v) is 13.3. The van der Waals surface area contributed by atoms with Crippen LogP contribution in [0, 0.1) is 5.82 Å². The van der Waals surface area contributed by atoms with E-state index in [0.717, 1.165) is 10.6 Å². The summed E-state index contributed by atoms with van der Waals surface area (Å²) in [6.45, 7) is 5.10. The van der Waals surface area contributed by atoms with Crippen LogP contribution in [0.4, 0.5) is 10.1 Å². The van der Waals surface area contributed by atoms with Gasteiger partial charge in [0, 0.05) is 12.6 Å². The molecule has 8 nitrogen and oxygen atoms in total. The number of sulfonamides is 1. The Bertz CT molecular complexity index is 1090. The molecule has 0 aliphatic carbocycles. The van der Waals surface area contributed by atoms with Gasteiger partial charge in [-0.3, -0.25) is 13.9 Å². The van der Waals surface area contributed by atoms with E-state index < -0.39 is 34.3 Å². The van der Waals surface area contributed by atoms with Crippen molar-refractivity contribution in [2.75, 3.05) is 24.2 Å². The molecule has 0 aliphatic heterocycles. The fourth-order valence-corrected chi connectivity index (χ4v) is 4.36. The Morgan fingerprint density at radius 3 is 2.11 bits per heavy atom. The number of anilines is 1. The summed E-state index contributed by atoms with van der Waals surface area (Å²) in [5.41, 5.74) is 0.908. The second-order valence-corrected chi connectivity index (χ2v) is 10.3. The predicted octanol–water partition coefficient (Wildman–Crippen LogP) is 3.32. The lowest BCUT2D eigenvalue weighted by Crippen LogP contribution is -2.53. The first-order chi connectivity index (χ1) is 16.5. The fourth-order valence-electron chi connectivity index (χ4n) is 3.51. The van der Waals surface area contributed by atoms with Gasteiger partial charge in [-0.25, -0.2) is 12.8 Å². The normalized spacial score (nSPS) is 13.0. The first kappa shape index (κ1) is 28.1. The Balaban J connectivity index is 2.42. The van der Waals surface area contributed by atoms with Crippen LogP contribution in [0.25, 0.3) is 0 Å². The van der Waals surface area contributed by atoms with Gasteiger partial charge in [-0.15, -0.1) is 0 Å². The SMILES string of the molecule is CC[C@@H](C)NC(=O)[C@@H](CC)N(Cc1ccc(F)cc1)C(=O)CN(c1ccc(OC)cc1)S(C)(=O)=O. The van der Waals surface area contributed by atoms with E-state index in [1.54, 1.807) is 31.2 Å². The Hall–Kier alpha value is -3.14. The molecule has 0 saturated carbocycles. The fraction of sp³-hybridized carbons (Fsp3) is 0.440. The van der Waals surface area contributed by atoms with Crippen LogP contribution in [-0.4, -0.2) is 57.1 Å². The molecule has 0 saturated heterocycles. The smallest absolute Gasteiger partial charge is 0.244 e. The lowest BCUT2D eigenvalue weighted by molar-refractivity contribution is -0.140. The minimum atomic E-state index is -3.83. The van der Waals surface area contributed by atoms with Crippen molar-refractivity contribution < 1.29 is 27.1 Å². The van der Waals surface area contributed by atoms with E-state index >= 15 is 0 Å². The molecule has 2 aromatic rings. The minimum absolute atomic E-state index is 0.0196. The van der Waals surface area contributed by atoms with E-state index in [4.69, 9.17) is 4.74 Å². The molecular formula is C25H34FN3O5S. The van der Waals surface area contributed by atoms with Gasteiger partial charge in [0.2, 0.25) is 21.8 Å². The molecule has 0 fully saturated rings. The van der Waals surface area contributed by atoms with E-state index in [9.17, 15) is 22.4 Å². The van der Waals surface area contributed by atoms with Crippen LogP contribution in [0.2, 0.25) is 0 Å². The maximum absolute atomic E-state index is 13.6. The molecule has 0 aliphatic rings. The van der Waals surface area contributed by atoms with Gasteiger partial charge in [-0.2, -0.15) is 0 Å². The number of amides is 2. The summed E-state index contributed by atoms with van der Waals surface area (Å²) in [6, 6.07) is 11.0. The number of hydrogen-bond acceptors (Lipinski definition) is 5. The van der Waals surface area contributed by atoms with Crippen molar-refractivity contribution in [1.82, 2.24) is 10.2 Å². The summed E-state index contributed by atoms with van der Waals surface area (Å²) in [4.78, 5) is 28.0. The van der Waals surface area contributed by atoms with Crippen molar-refractivity contribution in [3.8, 4) is 5.75 Å². The highest BCUT2D eigenvalue weighted by molar-refractivity contribution is 7.92. The van der Waals surface area contributed by atoms with Crippen molar-refractivity contribution in [1.29, 1.82) is 0 Å². The van der Waals surface area contributed by atoms with Crippen LogP contribution >= 0.6 is 0 Å². The molecule has 0 radical (unpaired) electrons. The molecule has 2 aromatic carbocycles. The summed E-state index contributed by atoms with van der Waals surface area (Å²) < 4.78 is 44.8. The standard InChI is InChI=1S/C25H34FN3O5S/c1-6-18(3)27-25(31)23(7-2)28(16-19-8-10-20(26)11-9-19)24(30)17-29(35(5,32)33)21-12-14-22(34-4)15-13-21/h8-15,18,23H,6-7,16-17H2,1-5H3,(H,27,31)/t18-,23-/m1/s1. The molecule has 2 atom stereocenters. The molecule has 192 valence electrons. The molecule has 2 amide bonds. The zero-order chi connectivity index (χ0) is 26.2. The number of benzene rings is 2. The van der Waals surface area contributed by atoms with Crippen LogP contribution in [0.3, 0.4) is 0 Å². The van der Waals surface area contributed by atoms with Crippen LogP contribution in [-0.2, 0) is 26.2 Å². The van der Waals surface area contributed by atoms with Gasteiger partial charge in [0.1, 0.15) is 24.2 Å². The number of carbonyl (C=O) groups is 2. The van der Waals surface area contributed by atoms with Gasteiger partial charge < -0.3 is 15.0 Å². The molecule has 35 heavy (non-hydrogen) atoms. The molecule has 0 bridgehead atoms. The van der Waals surface area contributed by atoms with E-state index in [0.29, 0.717) is 29.8 Å².